The Morgan fingerprint density at radius 3 is 2.36 bits per heavy atom. The van der Waals surface area contributed by atoms with Gasteiger partial charge in [0.15, 0.2) is 18.1 Å². The van der Waals surface area contributed by atoms with Crippen molar-refractivity contribution < 1.29 is 19.0 Å². The number of methoxy groups -OCH3 is 1. The predicted octanol–water partition coefficient (Wildman–Crippen LogP) is 4.38. The van der Waals surface area contributed by atoms with E-state index in [0.717, 1.165) is 24.2 Å². The summed E-state index contributed by atoms with van der Waals surface area (Å²) in [6, 6.07) is 13.5. The van der Waals surface area contributed by atoms with Crippen LogP contribution in [0.2, 0.25) is 0 Å². The first-order valence-electron chi connectivity index (χ1n) is 9.80. The molecule has 0 heterocycles. The largest absolute Gasteiger partial charge is 0.493 e. The third kappa shape index (κ3) is 7.14. The molecule has 0 spiro atoms. The Labute approximate surface area is 168 Å². The molecule has 0 bridgehead atoms. The molecular formula is C23H31NO4. The highest BCUT2D eigenvalue weighted by molar-refractivity contribution is 5.77. The molecule has 0 aliphatic heterocycles. The van der Waals surface area contributed by atoms with Gasteiger partial charge in [-0.1, -0.05) is 39.0 Å². The summed E-state index contributed by atoms with van der Waals surface area (Å²) in [7, 11) is 1.62. The van der Waals surface area contributed by atoms with E-state index in [1.165, 1.54) is 5.56 Å². The maximum Gasteiger partial charge on any atom is 0.258 e. The molecule has 28 heavy (non-hydrogen) atoms. The van der Waals surface area contributed by atoms with Crippen LogP contribution in [0.3, 0.4) is 0 Å². The van der Waals surface area contributed by atoms with E-state index in [0.29, 0.717) is 30.6 Å². The molecule has 1 amide bonds. The van der Waals surface area contributed by atoms with Crippen molar-refractivity contribution in [3.05, 3.63) is 53.6 Å². The topological polar surface area (TPSA) is 56.8 Å². The van der Waals surface area contributed by atoms with Crippen molar-refractivity contribution in [1.29, 1.82) is 0 Å². The molecule has 0 unspecified atom stereocenters. The lowest BCUT2D eigenvalue weighted by molar-refractivity contribution is -0.123. The zero-order chi connectivity index (χ0) is 20.4. The van der Waals surface area contributed by atoms with Gasteiger partial charge in [0.1, 0.15) is 5.75 Å². The van der Waals surface area contributed by atoms with Crippen molar-refractivity contribution in [3.63, 3.8) is 0 Å². The molecule has 0 fully saturated rings. The van der Waals surface area contributed by atoms with Crippen LogP contribution >= 0.6 is 0 Å². The van der Waals surface area contributed by atoms with Gasteiger partial charge in [0.25, 0.3) is 5.91 Å². The van der Waals surface area contributed by atoms with Crippen molar-refractivity contribution in [3.8, 4) is 17.2 Å². The Hall–Kier alpha value is -2.69. The van der Waals surface area contributed by atoms with Gasteiger partial charge in [-0.15, -0.1) is 0 Å². The smallest absolute Gasteiger partial charge is 0.258 e. The van der Waals surface area contributed by atoms with Gasteiger partial charge >= 0.3 is 0 Å². The van der Waals surface area contributed by atoms with E-state index in [1.807, 2.05) is 42.5 Å². The number of nitrogens with one attached hydrogen (secondary N) is 1. The third-order valence-corrected chi connectivity index (χ3v) is 4.37. The maximum atomic E-state index is 12.0. The van der Waals surface area contributed by atoms with Crippen LogP contribution in [0.15, 0.2) is 42.5 Å². The normalized spacial score (nSPS) is 10.6. The van der Waals surface area contributed by atoms with Crippen molar-refractivity contribution in [2.45, 2.75) is 40.2 Å². The molecule has 0 aromatic heterocycles. The first-order chi connectivity index (χ1) is 13.5. The summed E-state index contributed by atoms with van der Waals surface area (Å²) in [6.07, 6.45) is 1.97. The molecule has 2 aromatic carbocycles. The average molecular weight is 386 g/mol. The molecule has 5 heteroatoms. The predicted molar refractivity (Wildman–Crippen MR) is 111 cm³/mol. The van der Waals surface area contributed by atoms with Crippen molar-refractivity contribution in [2.24, 2.45) is 5.92 Å². The number of aryl methyl sites for hydroxylation is 1. The SMILES string of the molecule is CCc1ccc(OCC(=O)NCc2ccc(OCCC(C)C)c(OC)c2)cc1. The quantitative estimate of drug-likeness (QED) is 0.624. The van der Waals surface area contributed by atoms with Gasteiger partial charge in [-0.3, -0.25) is 4.79 Å². The molecule has 0 atom stereocenters. The van der Waals surface area contributed by atoms with Gasteiger partial charge in [0, 0.05) is 6.54 Å². The van der Waals surface area contributed by atoms with Crippen LogP contribution < -0.4 is 19.5 Å². The second kappa shape index (κ2) is 11.2. The minimum atomic E-state index is -0.171. The Kier molecular flexibility index (Phi) is 8.66. The minimum absolute atomic E-state index is 0.0149. The molecule has 0 saturated carbocycles. The van der Waals surface area contributed by atoms with Crippen LogP contribution in [0.25, 0.3) is 0 Å². The van der Waals surface area contributed by atoms with Crippen LogP contribution in [-0.4, -0.2) is 26.2 Å². The Morgan fingerprint density at radius 1 is 1.00 bits per heavy atom. The van der Waals surface area contributed by atoms with E-state index >= 15 is 0 Å². The number of carbonyl (C=O) groups is 1. The highest BCUT2D eigenvalue weighted by atomic mass is 16.5. The van der Waals surface area contributed by atoms with Gasteiger partial charge in [0.2, 0.25) is 0 Å². The van der Waals surface area contributed by atoms with Crippen molar-refractivity contribution in [2.75, 3.05) is 20.3 Å². The van der Waals surface area contributed by atoms with Crippen LogP contribution in [-0.2, 0) is 17.8 Å². The van der Waals surface area contributed by atoms with E-state index in [9.17, 15) is 4.79 Å². The van der Waals surface area contributed by atoms with Gasteiger partial charge in [-0.05, 0) is 54.2 Å². The van der Waals surface area contributed by atoms with E-state index in [-0.39, 0.29) is 12.5 Å². The van der Waals surface area contributed by atoms with E-state index in [1.54, 1.807) is 7.11 Å². The van der Waals surface area contributed by atoms with E-state index in [2.05, 4.69) is 26.1 Å². The number of amides is 1. The third-order valence-electron chi connectivity index (χ3n) is 4.37. The average Bonchev–Trinajstić information content (AvgIpc) is 2.71. The molecule has 152 valence electrons. The number of carbonyl (C=O) groups excluding carboxylic acids is 1. The standard InChI is InChI=1S/C23H31NO4/c1-5-18-6-9-20(10-7-18)28-16-23(25)24-15-19-8-11-21(22(14-19)26-4)27-13-12-17(2)3/h6-11,14,17H,5,12-13,15-16H2,1-4H3,(H,24,25). The number of hydrogen-bond donors (Lipinski definition) is 1. The summed E-state index contributed by atoms with van der Waals surface area (Å²) in [5, 5.41) is 2.86. The second-order valence-electron chi connectivity index (χ2n) is 7.08. The van der Waals surface area contributed by atoms with E-state index in [4.69, 9.17) is 14.2 Å². The lowest BCUT2D eigenvalue weighted by Gasteiger charge is -2.13. The lowest BCUT2D eigenvalue weighted by Crippen LogP contribution is -2.28. The minimum Gasteiger partial charge on any atom is -0.493 e. The molecule has 0 radical (unpaired) electrons. The molecule has 2 rings (SSSR count). The number of rotatable bonds is 11. The molecule has 1 N–H and O–H groups in total. The first-order valence-corrected chi connectivity index (χ1v) is 9.80. The molecular weight excluding hydrogens is 354 g/mol. The summed E-state index contributed by atoms with van der Waals surface area (Å²) in [6.45, 7) is 7.47. The van der Waals surface area contributed by atoms with Crippen molar-refractivity contribution >= 4 is 5.91 Å². The number of hydrogen-bond acceptors (Lipinski definition) is 4. The Bertz CT molecular complexity index is 741. The fourth-order valence-corrected chi connectivity index (χ4v) is 2.57. The zero-order valence-electron chi connectivity index (χ0n) is 17.3. The Balaban J connectivity index is 1.81. The Morgan fingerprint density at radius 2 is 1.71 bits per heavy atom. The number of ether oxygens (including phenoxy) is 3. The van der Waals surface area contributed by atoms with Crippen LogP contribution in [0.5, 0.6) is 17.2 Å². The summed E-state index contributed by atoms with van der Waals surface area (Å²) in [5.41, 5.74) is 2.18. The summed E-state index contributed by atoms with van der Waals surface area (Å²) < 4.78 is 16.7. The maximum absolute atomic E-state index is 12.0. The first kappa shape index (κ1) is 21.6. The fraction of sp³-hybridized carbons (Fsp3) is 0.435. The lowest BCUT2D eigenvalue weighted by atomic mass is 10.1. The monoisotopic (exact) mass is 385 g/mol. The molecule has 5 nitrogen and oxygen atoms in total. The zero-order valence-corrected chi connectivity index (χ0v) is 17.3. The van der Waals surface area contributed by atoms with Crippen LogP contribution in [0.4, 0.5) is 0 Å². The highest BCUT2D eigenvalue weighted by Crippen LogP contribution is 2.28. The summed E-state index contributed by atoms with van der Waals surface area (Å²) >= 11 is 0. The molecule has 2 aromatic rings. The van der Waals surface area contributed by atoms with Gasteiger partial charge in [-0.2, -0.15) is 0 Å². The molecule has 0 aliphatic rings. The van der Waals surface area contributed by atoms with Gasteiger partial charge in [-0.25, -0.2) is 0 Å². The molecule has 0 aliphatic carbocycles. The van der Waals surface area contributed by atoms with Crippen LogP contribution in [0.1, 0.15) is 38.3 Å². The highest BCUT2D eigenvalue weighted by Gasteiger charge is 2.08. The second-order valence-corrected chi connectivity index (χ2v) is 7.08. The summed E-state index contributed by atoms with van der Waals surface area (Å²) in [4.78, 5) is 12.0. The van der Waals surface area contributed by atoms with Crippen molar-refractivity contribution in [1.82, 2.24) is 5.32 Å². The fourth-order valence-electron chi connectivity index (χ4n) is 2.57. The number of benzene rings is 2. The van der Waals surface area contributed by atoms with E-state index < -0.39 is 0 Å². The van der Waals surface area contributed by atoms with Gasteiger partial charge in [0.05, 0.1) is 13.7 Å². The molecule has 0 saturated heterocycles. The van der Waals surface area contributed by atoms with Gasteiger partial charge < -0.3 is 19.5 Å². The van der Waals surface area contributed by atoms with Crippen LogP contribution in [0, 0.1) is 5.92 Å². The summed E-state index contributed by atoms with van der Waals surface area (Å²) in [5.74, 6) is 2.50.